The van der Waals surface area contributed by atoms with Gasteiger partial charge < -0.3 is 9.84 Å². The Kier molecular flexibility index (Phi) is 5.41. The minimum atomic E-state index is -1.95. The Morgan fingerprint density at radius 2 is 1.75 bits per heavy atom. The first-order chi connectivity index (χ1) is 13.4. The van der Waals surface area contributed by atoms with E-state index in [2.05, 4.69) is 11.9 Å². The molecule has 0 saturated carbocycles. The van der Waals surface area contributed by atoms with Gasteiger partial charge in [0.25, 0.3) is 0 Å². The van der Waals surface area contributed by atoms with Gasteiger partial charge in [-0.1, -0.05) is 59.6 Å². The molecule has 1 N–H and O–H groups in total. The van der Waals surface area contributed by atoms with E-state index >= 15 is 0 Å². The third-order valence-electron chi connectivity index (χ3n) is 6.19. The summed E-state index contributed by atoms with van der Waals surface area (Å²) in [4.78, 5) is 15.7. The maximum atomic E-state index is 13.3. The van der Waals surface area contributed by atoms with Gasteiger partial charge in [0.1, 0.15) is 6.10 Å². The van der Waals surface area contributed by atoms with Crippen LogP contribution < -0.4 is 0 Å². The lowest BCUT2D eigenvalue weighted by atomic mass is 9.86. The van der Waals surface area contributed by atoms with Gasteiger partial charge in [0, 0.05) is 17.6 Å². The van der Waals surface area contributed by atoms with Crippen molar-refractivity contribution in [1.82, 2.24) is 4.90 Å². The Morgan fingerprint density at radius 1 is 1.04 bits per heavy atom. The highest BCUT2D eigenvalue weighted by atomic mass is 35.5. The van der Waals surface area contributed by atoms with E-state index in [1.165, 1.54) is 6.07 Å². The van der Waals surface area contributed by atoms with Gasteiger partial charge in [-0.3, -0.25) is 4.90 Å². The molecule has 0 spiro atoms. The van der Waals surface area contributed by atoms with Gasteiger partial charge >= 0.3 is 5.97 Å². The molecule has 6 heteroatoms. The molecule has 2 fully saturated rings. The van der Waals surface area contributed by atoms with Crippen molar-refractivity contribution in [2.75, 3.05) is 7.05 Å². The zero-order valence-electron chi connectivity index (χ0n) is 15.6. The number of likely N-dealkylation sites (N-methyl/N-ethyl adjacent to an activating group) is 1. The number of hydrogen-bond acceptors (Lipinski definition) is 4. The van der Waals surface area contributed by atoms with Gasteiger partial charge in [-0.15, -0.1) is 0 Å². The number of rotatable bonds is 4. The molecule has 4 atom stereocenters. The van der Waals surface area contributed by atoms with Gasteiger partial charge in [-0.2, -0.15) is 0 Å². The molecule has 0 aliphatic carbocycles. The van der Waals surface area contributed by atoms with Crippen LogP contribution in [0.25, 0.3) is 0 Å². The molecule has 2 heterocycles. The largest absolute Gasteiger partial charge is 0.458 e. The van der Waals surface area contributed by atoms with Crippen LogP contribution in [-0.4, -0.2) is 41.2 Å². The molecule has 2 bridgehead atoms. The number of nitrogens with zero attached hydrogens (tertiary/aromatic N) is 1. The summed E-state index contributed by atoms with van der Waals surface area (Å²) in [5.41, 5.74) is -1.18. The van der Waals surface area contributed by atoms with E-state index in [4.69, 9.17) is 27.9 Å². The molecule has 148 valence electrons. The van der Waals surface area contributed by atoms with E-state index in [1.54, 1.807) is 36.4 Å². The zero-order valence-corrected chi connectivity index (χ0v) is 17.2. The van der Waals surface area contributed by atoms with Crippen molar-refractivity contribution in [1.29, 1.82) is 0 Å². The second-order valence-corrected chi connectivity index (χ2v) is 8.50. The summed E-state index contributed by atoms with van der Waals surface area (Å²) < 4.78 is 5.93. The first kappa shape index (κ1) is 19.7. The highest BCUT2D eigenvalue weighted by Gasteiger charge is 2.47. The summed E-state index contributed by atoms with van der Waals surface area (Å²) in [6.45, 7) is 0. The van der Waals surface area contributed by atoms with Crippen LogP contribution in [-0.2, 0) is 15.1 Å². The van der Waals surface area contributed by atoms with Crippen LogP contribution in [0, 0.1) is 0 Å². The van der Waals surface area contributed by atoms with E-state index in [9.17, 15) is 9.90 Å². The van der Waals surface area contributed by atoms with Crippen LogP contribution in [0.3, 0.4) is 0 Å². The van der Waals surface area contributed by atoms with Crippen molar-refractivity contribution in [2.45, 2.75) is 49.5 Å². The van der Waals surface area contributed by atoms with E-state index in [0.29, 0.717) is 22.2 Å². The van der Waals surface area contributed by atoms with E-state index in [0.717, 1.165) is 25.7 Å². The van der Waals surface area contributed by atoms with Crippen molar-refractivity contribution in [2.24, 2.45) is 0 Å². The topological polar surface area (TPSA) is 49.8 Å². The molecule has 2 aliphatic rings. The fourth-order valence-corrected chi connectivity index (χ4v) is 4.85. The van der Waals surface area contributed by atoms with E-state index < -0.39 is 11.6 Å². The van der Waals surface area contributed by atoms with Crippen molar-refractivity contribution in [3.05, 3.63) is 69.7 Å². The molecule has 2 aromatic rings. The lowest BCUT2D eigenvalue weighted by molar-refractivity contribution is -0.173. The predicted octanol–water partition coefficient (Wildman–Crippen LogP) is 4.40. The molecule has 4 rings (SSSR count). The van der Waals surface area contributed by atoms with Crippen LogP contribution in [0.4, 0.5) is 0 Å². The molecule has 28 heavy (non-hydrogen) atoms. The first-order valence-electron chi connectivity index (χ1n) is 9.57. The molecule has 0 radical (unpaired) electrons. The van der Waals surface area contributed by atoms with Crippen LogP contribution in [0.15, 0.2) is 48.5 Å². The standard InChI is InChI=1S/C22H23Cl2NO3/c1-25-16-8-11-19(25)20(12-9-16)28-21(26)22(27,14-5-3-2-4-6-14)15-7-10-17(23)18(24)13-15/h2-7,10,13,16,19-20,27H,8-9,11-12H2,1H3. The summed E-state index contributed by atoms with van der Waals surface area (Å²) in [6.07, 6.45) is 3.73. The van der Waals surface area contributed by atoms with Gasteiger partial charge in [0.05, 0.1) is 10.0 Å². The number of aliphatic hydroxyl groups is 1. The average molecular weight is 420 g/mol. The van der Waals surface area contributed by atoms with Crippen LogP contribution in [0.1, 0.15) is 36.8 Å². The number of ether oxygens (including phenoxy) is 1. The maximum absolute atomic E-state index is 13.3. The summed E-state index contributed by atoms with van der Waals surface area (Å²) in [5, 5.41) is 12.3. The number of piperidine rings is 1. The molecule has 0 amide bonds. The van der Waals surface area contributed by atoms with Gasteiger partial charge in [0.2, 0.25) is 5.60 Å². The highest BCUT2D eigenvalue weighted by Crippen LogP contribution is 2.39. The second-order valence-electron chi connectivity index (χ2n) is 7.69. The van der Waals surface area contributed by atoms with E-state index in [1.807, 2.05) is 6.07 Å². The number of halogens is 2. The number of carbonyl (C=O) groups is 1. The van der Waals surface area contributed by atoms with Crippen LogP contribution in [0.2, 0.25) is 10.0 Å². The number of hydrogen-bond donors (Lipinski definition) is 1. The summed E-state index contributed by atoms with van der Waals surface area (Å²) >= 11 is 12.2. The van der Waals surface area contributed by atoms with Crippen LogP contribution in [0.5, 0.6) is 0 Å². The Morgan fingerprint density at radius 3 is 2.46 bits per heavy atom. The van der Waals surface area contributed by atoms with Gasteiger partial charge in [0.15, 0.2) is 0 Å². The van der Waals surface area contributed by atoms with Crippen molar-refractivity contribution in [3.63, 3.8) is 0 Å². The minimum Gasteiger partial charge on any atom is -0.458 e. The Labute approximate surface area is 175 Å². The predicted molar refractivity (Wildman–Crippen MR) is 110 cm³/mol. The molecule has 2 aliphatic heterocycles. The molecule has 0 aromatic heterocycles. The molecule has 4 nitrogen and oxygen atoms in total. The Hall–Kier alpha value is -1.59. The van der Waals surface area contributed by atoms with Gasteiger partial charge in [-0.05, 0) is 50.4 Å². The summed E-state index contributed by atoms with van der Waals surface area (Å²) in [6, 6.07) is 14.3. The highest BCUT2D eigenvalue weighted by molar-refractivity contribution is 6.42. The van der Waals surface area contributed by atoms with Crippen LogP contribution >= 0.6 is 23.2 Å². The molecular formula is C22H23Cl2NO3. The van der Waals surface area contributed by atoms with Crippen molar-refractivity contribution >= 4 is 29.2 Å². The maximum Gasteiger partial charge on any atom is 0.348 e. The number of esters is 1. The Balaban J connectivity index is 1.69. The van der Waals surface area contributed by atoms with Crippen molar-refractivity contribution in [3.8, 4) is 0 Å². The lowest BCUT2D eigenvalue weighted by Crippen LogP contribution is -2.49. The minimum absolute atomic E-state index is 0.205. The number of carbonyl (C=O) groups excluding carboxylic acids is 1. The summed E-state index contributed by atoms with van der Waals surface area (Å²) in [5.74, 6) is -0.680. The third kappa shape index (κ3) is 3.33. The SMILES string of the molecule is CN1C2CCC(OC(=O)C(O)(c3ccccc3)c3ccc(Cl)c(Cl)c3)C1CC2. The normalized spacial score (nSPS) is 26.6. The fraction of sp³-hybridized carbons (Fsp3) is 0.409. The van der Waals surface area contributed by atoms with Gasteiger partial charge in [-0.25, -0.2) is 4.79 Å². The summed E-state index contributed by atoms with van der Waals surface area (Å²) in [7, 11) is 2.09. The zero-order chi connectivity index (χ0) is 19.9. The molecule has 2 aromatic carbocycles. The quantitative estimate of drug-likeness (QED) is 0.746. The number of fused-ring (bicyclic) bond motifs is 2. The smallest absolute Gasteiger partial charge is 0.348 e. The first-order valence-corrected chi connectivity index (χ1v) is 10.3. The average Bonchev–Trinajstić information content (AvgIpc) is 2.93. The molecule has 2 saturated heterocycles. The number of benzene rings is 2. The second kappa shape index (κ2) is 7.68. The van der Waals surface area contributed by atoms with Crippen molar-refractivity contribution < 1.29 is 14.6 Å². The Bertz CT molecular complexity index is 875. The fourth-order valence-electron chi connectivity index (χ4n) is 4.55. The lowest BCUT2D eigenvalue weighted by Gasteiger charge is -2.38. The molecule has 4 unspecified atom stereocenters. The third-order valence-corrected chi connectivity index (χ3v) is 6.93. The monoisotopic (exact) mass is 419 g/mol. The van der Waals surface area contributed by atoms with E-state index in [-0.39, 0.29) is 17.2 Å². The molecular weight excluding hydrogens is 397 g/mol.